The molecule has 0 aromatic carbocycles. The van der Waals surface area contributed by atoms with Gasteiger partial charge in [-0.05, 0) is 12.3 Å². The van der Waals surface area contributed by atoms with E-state index in [9.17, 15) is 0 Å². The van der Waals surface area contributed by atoms with Crippen LogP contribution in [0.3, 0.4) is 0 Å². The fraction of sp³-hybridized carbons (Fsp3) is 1.00. The molecule has 0 aliphatic carbocycles. The molecule has 0 spiro atoms. The van der Waals surface area contributed by atoms with Crippen LogP contribution >= 0.6 is 0 Å². The molecule has 1 fully saturated rings. The molecule has 0 amide bonds. The van der Waals surface area contributed by atoms with Gasteiger partial charge in [-0.1, -0.05) is 27.2 Å². The lowest BCUT2D eigenvalue weighted by Gasteiger charge is -2.50. The van der Waals surface area contributed by atoms with E-state index in [0.717, 1.165) is 32.8 Å². The highest BCUT2D eigenvalue weighted by atomic mass is 16.5. The first-order valence-corrected chi connectivity index (χ1v) is 6.17. The summed E-state index contributed by atoms with van der Waals surface area (Å²) in [6.07, 6.45) is 2.38. The Kier molecular flexibility index (Phi) is 5.03. The molecule has 0 aromatic rings. The van der Waals surface area contributed by atoms with Gasteiger partial charge < -0.3 is 10.5 Å². The quantitative estimate of drug-likeness (QED) is 0.652. The molecule has 0 aromatic heterocycles. The van der Waals surface area contributed by atoms with Gasteiger partial charge in [0.15, 0.2) is 0 Å². The van der Waals surface area contributed by atoms with Crippen molar-refractivity contribution in [3.63, 3.8) is 0 Å². The Bertz CT molecular complexity index is 176. The minimum absolute atomic E-state index is 0.0589. The number of nitrogens with zero attached hydrogens (tertiary/aromatic N) is 1. The Morgan fingerprint density at radius 2 is 2.00 bits per heavy atom. The van der Waals surface area contributed by atoms with Crippen molar-refractivity contribution in [3.05, 3.63) is 0 Å². The van der Waals surface area contributed by atoms with Crippen LogP contribution in [0.5, 0.6) is 0 Å². The van der Waals surface area contributed by atoms with E-state index in [2.05, 4.69) is 25.7 Å². The summed E-state index contributed by atoms with van der Waals surface area (Å²) in [5.41, 5.74) is 6.26. The van der Waals surface area contributed by atoms with Crippen molar-refractivity contribution < 1.29 is 4.74 Å². The lowest BCUT2D eigenvalue weighted by atomic mass is 9.80. The smallest absolute Gasteiger partial charge is 0.0593 e. The van der Waals surface area contributed by atoms with E-state index in [4.69, 9.17) is 10.5 Å². The molecule has 2 N–H and O–H groups in total. The summed E-state index contributed by atoms with van der Waals surface area (Å²) in [5.74, 6) is 0.578. The van der Waals surface area contributed by atoms with E-state index in [-0.39, 0.29) is 5.54 Å². The van der Waals surface area contributed by atoms with Crippen LogP contribution in [0.2, 0.25) is 0 Å². The van der Waals surface area contributed by atoms with Gasteiger partial charge in [-0.2, -0.15) is 0 Å². The highest BCUT2D eigenvalue weighted by molar-refractivity contribution is 5.01. The molecular formula is C12H26N2O. The first kappa shape index (κ1) is 12.9. The maximum Gasteiger partial charge on any atom is 0.0593 e. The second kappa shape index (κ2) is 5.83. The number of hydrogen-bond acceptors (Lipinski definition) is 3. The SMILES string of the molecule is CCCCOCCN1CC(N)(C(C)C)C1. The second-order valence-electron chi connectivity index (χ2n) is 5.06. The molecule has 3 nitrogen and oxygen atoms in total. The fourth-order valence-electron chi connectivity index (χ4n) is 1.85. The van der Waals surface area contributed by atoms with Crippen LogP contribution in [0.25, 0.3) is 0 Å². The highest BCUT2D eigenvalue weighted by Gasteiger charge is 2.41. The van der Waals surface area contributed by atoms with E-state index < -0.39 is 0 Å². The van der Waals surface area contributed by atoms with Crippen molar-refractivity contribution in [3.8, 4) is 0 Å². The molecule has 0 unspecified atom stereocenters. The van der Waals surface area contributed by atoms with Gasteiger partial charge in [0.2, 0.25) is 0 Å². The molecule has 90 valence electrons. The second-order valence-corrected chi connectivity index (χ2v) is 5.06. The number of rotatable bonds is 7. The zero-order valence-corrected chi connectivity index (χ0v) is 10.5. The third-order valence-electron chi connectivity index (χ3n) is 3.38. The molecule has 0 radical (unpaired) electrons. The summed E-state index contributed by atoms with van der Waals surface area (Å²) in [7, 11) is 0. The fourth-order valence-corrected chi connectivity index (χ4v) is 1.85. The Morgan fingerprint density at radius 1 is 1.33 bits per heavy atom. The van der Waals surface area contributed by atoms with Crippen LogP contribution in [-0.4, -0.2) is 43.3 Å². The molecule has 1 heterocycles. The average Bonchev–Trinajstić information content (AvgIpc) is 2.14. The zero-order valence-electron chi connectivity index (χ0n) is 10.5. The third-order valence-corrected chi connectivity index (χ3v) is 3.38. The van der Waals surface area contributed by atoms with Crippen molar-refractivity contribution in [1.29, 1.82) is 0 Å². The first-order chi connectivity index (χ1) is 7.08. The Hall–Kier alpha value is -0.120. The van der Waals surface area contributed by atoms with E-state index >= 15 is 0 Å². The zero-order chi connectivity index (χ0) is 11.3. The predicted octanol–water partition coefficient (Wildman–Crippen LogP) is 1.47. The largest absolute Gasteiger partial charge is 0.380 e. The van der Waals surface area contributed by atoms with Gasteiger partial charge in [0.1, 0.15) is 0 Å². The molecule has 0 bridgehead atoms. The minimum Gasteiger partial charge on any atom is -0.380 e. The Morgan fingerprint density at radius 3 is 2.53 bits per heavy atom. The van der Waals surface area contributed by atoms with Gasteiger partial charge >= 0.3 is 0 Å². The van der Waals surface area contributed by atoms with Crippen LogP contribution in [0, 0.1) is 5.92 Å². The third kappa shape index (κ3) is 3.74. The van der Waals surface area contributed by atoms with E-state index in [1.54, 1.807) is 0 Å². The molecular weight excluding hydrogens is 188 g/mol. The van der Waals surface area contributed by atoms with Crippen LogP contribution in [-0.2, 0) is 4.74 Å². The van der Waals surface area contributed by atoms with Crippen molar-refractivity contribution in [2.75, 3.05) is 32.8 Å². The van der Waals surface area contributed by atoms with Gasteiger partial charge in [0, 0.05) is 31.8 Å². The number of hydrogen-bond donors (Lipinski definition) is 1. The molecule has 1 rings (SSSR count). The lowest BCUT2D eigenvalue weighted by molar-refractivity contribution is 0.0104. The van der Waals surface area contributed by atoms with Crippen molar-refractivity contribution in [2.45, 2.75) is 39.2 Å². The minimum atomic E-state index is 0.0589. The Labute approximate surface area is 94.0 Å². The molecule has 15 heavy (non-hydrogen) atoms. The predicted molar refractivity (Wildman–Crippen MR) is 63.9 cm³/mol. The summed E-state index contributed by atoms with van der Waals surface area (Å²) in [6, 6.07) is 0. The monoisotopic (exact) mass is 214 g/mol. The standard InChI is InChI=1S/C12H26N2O/c1-4-5-7-15-8-6-14-9-12(13,10-14)11(2)3/h11H,4-10,13H2,1-3H3. The number of nitrogens with two attached hydrogens (primary N) is 1. The van der Waals surface area contributed by atoms with Gasteiger partial charge in [0.25, 0.3) is 0 Å². The van der Waals surface area contributed by atoms with E-state index in [1.807, 2.05) is 0 Å². The van der Waals surface area contributed by atoms with E-state index in [0.29, 0.717) is 5.92 Å². The normalized spacial score (nSPS) is 20.6. The Balaban J connectivity index is 1.98. The van der Waals surface area contributed by atoms with Gasteiger partial charge in [-0.3, -0.25) is 4.90 Å². The number of ether oxygens (including phenoxy) is 1. The molecule has 0 atom stereocenters. The lowest BCUT2D eigenvalue weighted by Crippen LogP contribution is -2.70. The molecule has 1 aliphatic rings. The van der Waals surface area contributed by atoms with E-state index in [1.165, 1.54) is 12.8 Å². The molecule has 1 saturated heterocycles. The maximum atomic E-state index is 6.21. The van der Waals surface area contributed by atoms with Crippen molar-refractivity contribution in [1.82, 2.24) is 4.90 Å². The first-order valence-electron chi connectivity index (χ1n) is 6.17. The summed E-state index contributed by atoms with van der Waals surface area (Å²) in [6.45, 7) is 11.4. The van der Waals surface area contributed by atoms with Crippen molar-refractivity contribution in [2.24, 2.45) is 11.7 Å². The average molecular weight is 214 g/mol. The summed E-state index contributed by atoms with van der Waals surface area (Å²) < 4.78 is 5.53. The topological polar surface area (TPSA) is 38.5 Å². The molecule has 0 saturated carbocycles. The summed E-state index contributed by atoms with van der Waals surface area (Å²) in [4.78, 5) is 2.38. The van der Waals surface area contributed by atoms with Gasteiger partial charge in [0.05, 0.1) is 6.61 Å². The van der Waals surface area contributed by atoms with Crippen LogP contribution in [0.4, 0.5) is 0 Å². The maximum absolute atomic E-state index is 6.21. The highest BCUT2D eigenvalue weighted by Crippen LogP contribution is 2.25. The van der Waals surface area contributed by atoms with Gasteiger partial charge in [-0.15, -0.1) is 0 Å². The summed E-state index contributed by atoms with van der Waals surface area (Å²) >= 11 is 0. The van der Waals surface area contributed by atoms with Crippen molar-refractivity contribution >= 4 is 0 Å². The van der Waals surface area contributed by atoms with Crippen LogP contribution in [0.15, 0.2) is 0 Å². The molecule has 3 heteroatoms. The molecule has 1 aliphatic heterocycles. The van der Waals surface area contributed by atoms with Gasteiger partial charge in [-0.25, -0.2) is 0 Å². The number of unbranched alkanes of at least 4 members (excludes halogenated alkanes) is 1. The summed E-state index contributed by atoms with van der Waals surface area (Å²) in [5, 5.41) is 0. The van der Waals surface area contributed by atoms with Crippen LogP contribution < -0.4 is 5.73 Å². The van der Waals surface area contributed by atoms with Crippen LogP contribution in [0.1, 0.15) is 33.6 Å². The number of likely N-dealkylation sites (tertiary alicyclic amines) is 1.